The van der Waals surface area contributed by atoms with Gasteiger partial charge in [0, 0.05) is 5.69 Å². The Labute approximate surface area is 166 Å². The van der Waals surface area contributed by atoms with Crippen LogP contribution in [-0.4, -0.2) is 49.4 Å². The van der Waals surface area contributed by atoms with Crippen LogP contribution >= 0.6 is 0 Å². The minimum absolute atomic E-state index is 0.0189. The number of nitrogens with zero attached hydrogens (tertiary/aromatic N) is 1. The lowest BCUT2D eigenvalue weighted by Crippen LogP contribution is -2.50. The maximum atomic E-state index is 12.8. The molecule has 5 nitrogen and oxygen atoms in total. The molecular weight excluding hydrogens is 352 g/mol. The molecule has 2 saturated heterocycles. The number of amides is 1. The van der Waals surface area contributed by atoms with Crippen LogP contribution in [-0.2, 0) is 20.7 Å². The molecule has 0 aliphatic carbocycles. The zero-order chi connectivity index (χ0) is 19.2. The fourth-order valence-electron chi connectivity index (χ4n) is 4.11. The van der Waals surface area contributed by atoms with E-state index in [4.69, 9.17) is 9.47 Å². The lowest BCUT2D eigenvalue weighted by molar-refractivity contribution is -0.127. The van der Waals surface area contributed by atoms with Crippen molar-refractivity contribution < 1.29 is 14.3 Å². The van der Waals surface area contributed by atoms with Crippen molar-refractivity contribution in [1.29, 1.82) is 0 Å². The van der Waals surface area contributed by atoms with Crippen LogP contribution in [0.4, 0.5) is 5.69 Å². The van der Waals surface area contributed by atoms with Gasteiger partial charge in [0.25, 0.3) is 0 Å². The number of anilines is 1. The highest BCUT2D eigenvalue weighted by atomic mass is 16.7. The summed E-state index contributed by atoms with van der Waals surface area (Å²) in [7, 11) is 0. The fourth-order valence-corrected chi connectivity index (χ4v) is 4.11. The maximum Gasteiger partial charge on any atom is 0.238 e. The molecule has 4 rings (SSSR count). The summed E-state index contributed by atoms with van der Waals surface area (Å²) >= 11 is 0. The summed E-state index contributed by atoms with van der Waals surface area (Å²) in [6.45, 7) is 2.57. The van der Waals surface area contributed by atoms with E-state index in [-0.39, 0.29) is 18.2 Å². The summed E-state index contributed by atoms with van der Waals surface area (Å²) in [5.74, 6) is 0.0189. The molecule has 2 aromatic carbocycles. The third-order valence-corrected chi connectivity index (χ3v) is 5.50. The van der Waals surface area contributed by atoms with Crippen LogP contribution in [0.2, 0.25) is 0 Å². The highest BCUT2D eigenvalue weighted by Gasteiger charge is 2.34. The summed E-state index contributed by atoms with van der Waals surface area (Å²) in [4.78, 5) is 15.0. The molecule has 2 aliphatic heterocycles. The van der Waals surface area contributed by atoms with Gasteiger partial charge in [0.2, 0.25) is 5.91 Å². The highest BCUT2D eigenvalue weighted by Crippen LogP contribution is 2.25. The van der Waals surface area contributed by atoms with Gasteiger partial charge in [0.1, 0.15) is 0 Å². The number of benzene rings is 2. The van der Waals surface area contributed by atoms with Crippen LogP contribution in [0.25, 0.3) is 0 Å². The monoisotopic (exact) mass is 380 g/mol. The molecule has 148 valence electrons. The molecule has 5 heteroatoms. The maximum absolute atomic E-state index is 12.8. The van der Waals surface area contributed by atoms with E-state index in [1.54, 1.807) is 0 Å². The van der Waals surface area contributed by atoms with Crippen molar-refractivity contribution in [3.63, 3.8) is 0 Å². The molecule has 2 aromatic rings. The van der Waals surface area contributed by atoms with E-state index in [9.17, 15) is 4.79 Å². The minimum atomic E-state index is -0.196. The Hall–Kier alpha value is -2.21. The molecule has 1 N–H and O–H groups in total. The first-order valence-corrected chi connectivity index (χ1v) is 10.2. The molecule has 28 heavy (non-hydrogen) atoms. The number of hydrogen-bond donors (Lipinski definition) is 1. The number of carbonyl (C=O) groups is 1. The second kappa shape index (κ2) is 9.32. The summed E-state index contributed by atoms with van der Waals surface area (Å²) < 4.78 is 11.4. The molecule has 0 spiro atoms. The van der Waals surface area contributed by atoms with E-state index in [2.05, 4.69) is 28.4 Å². The number of rotatable bonds is 6. The van der Waals surface area contributed by atoms with E-state index in [0.717, 1.165) is 43.5 Å². The summed E-state index contributed by atoms with van der Waals surface area (Å²) in [5, 5.41) is 3.13. The van der Waals surface area contributed by atoms with Crippen molar-refractivity contribution >= 4 is 11.6 Å². The average Bonchev–Trinajstić information content (AvgIpc) is 3.25. The minimum Gasteiger partial charge on any atom is -0.349 e. The van der Waals surface area contributed by atoms with Gasteiger partial charge in [0.15, 0.2) is 6.29 Å². The molecule has 2 heterocycles. The number of piperidine rings is 1. The van der Waals surface area contributed by atoms with Gasteiger partial charge in [-0.15, -0.1) is 0 Å². The van der Waals surface area contributed by atoms with Crippen molar-refractivity contribution in [3.8, 4) is 0 Å². The lowest BCUT2D eigenvalue weighted by atomic mass is 10.0. The zero-order valence-corrected chi connectivity index (χ0v) is 16.2. The lowest BCUT2D eigenvalue weighted by Gasteiger charge is -2.37. The first-order valence-electron chi connectivity index (χ1n) is 10.2. The van der Waals surface area contributed by atoms with Crippen LogP contribution in [0.5, 0.6) is 0 Å². The molecule has 1 atom stereocenters. The molecule has 0 bridgehead atoms. The van der Waals surface area contributed by atoms with Crippen molar-refractivity contribution in [2.45, 2.75) is 38.0 Å². The van der Waals surface area contributed by atoms with E-state index < -0.39 is 0 Å². The normalized spacial score (nSPS) is 20.9. The topological polar surface area (TPSA) is 50.8 Å². The van der Waals surface area contributed by atoms with Crippen LogP contribution in [0, 0.1) is 0 Å². The van der Waals surface area contributed by atoms with Gasteiger partial charge in [-0.25, -0.2) is 0 Å². The standard InChI is InChI=1S/C23H28N2O3/c26-22(17-25-13-7-6-12-21(25)23-27-14-15-28-23)24-20-11-5-4-10-19(20)16-18-8-2-1-3-9-18/h1-5,8-11,21,23H,6-7,12-17H2,(H,24,26). The zero-order valence-electron chi connectivity index (χ0n) is 16.2. The van der Waals surface area contributed by atoms with Gasteiger partial charge in [-0.05, 0) is 43.0 Å². The third-order valence-electron chi connectivity index (χ3n) is 5.50. The number of likely N-dealkylation sites (tertiary alicyclic amines) is 1. The molecule has 2 fully saturated rings. The number of hydrogen-bond acceptors (Lipinski definition) is 4. The van der Waals surface area contributed by atoms with Gasteiger partial charge < -0.3 is 14.8 Å². The molecule has 1 amide bonds. The van der Waals surface area contributed by atoms with Gasteiger partial charge in [-0.3, -0.25) is 9.69 Å². The highest BCUT2D eigenvalue weighted by molar-refractivity contribution is 5.93. The SMILES string of the molecule is O=C(CN1CCCCC1C1OCCO1)Nc1ccccc1Cc1ccccc1. The van der Waals surface area contributed by atoms with Crippen molar-refractivity contribution in [3.05, 3.63) is 65.7 Å². The molecule has 2 aliphatic rings. The number of nitrogens with one attached hydrogen (secondary N) is 1. The number of ether oxygens (including phenoxy) is 2. The molecule has 0 saturated carbocycles. The van der Waals surface area contributed by atoms with Gasteiger partial charge in [-0.2, -0.15) is 0 Å². The third kappa shape index (κ3) is 4.79. The Morgan fingerprint density at radius 1 is 1.00 bits per heavy atom. The van der Waals surface area contributed by atoms with Crippen LogP contribution < -0.4 is 5.32 Å². The van der Waals surface area contributed by atoms with Gasteiger partial charge in [-0.1, -0.05) is 55.0 Å². The van der Waals surface area contributed by atoms with E-state index in [1.165, 1.54) is 5.56 Å². The second-order valence-electron chi connectivity index (χ2n) is 7.51. The Bertz CT molecular complexity index is 774. The predicted molar refractivity (Wildman–Crippen MR) is 109 cm³/mol. The van der Waals surface area contributed by atoms with E-state index in [1.807, 2.05) is 36.4 Å². The average molecular weight is 380 g/mol. The fraction of sp³-hybridized carbons (Fsp3) is 0.435. The predicted octanol–water partition coefficient (Wildman–Crippen LogP) is 3.44. The Kier molecular flexibility index (Phi) is 6.37. The van der Waals surface area contributed by atoms with E-state index in [0.29, 0.717) is 19.8 Å². The van der Waals surface area contributed by atoms with Crippen LogP contribution in [0.3, 0.4) is 0 Å². The second-order valence-corrected chi connectivity index (χ2v) is 7.51. The first kappa shape index (κ1) is 19.1. The van der Waals surface area contributed by atoms with Crippen LogP contribution in [0.1, 0.15) is 30.4 Å². The molecular formula is C23H28N2O3. The Morgan fingerprint density at radius 2 is 1.75 bits per heavy atom. The Balaban J connectivity index is 1.40. The van der Waals surface area contributed by atoms with Crippen LogP contribution in [0.15, 0.2) is 54.6 Å². The van der Waals surface area contributed by atoms with E-state index >= 15 is 0 Å². The Morgan fingerprint density at radius 3 is 2.57 bits per heavy atom. The van der Waals surface area contributed by atoms with Gasteiger partial charge >= 0.3 is 0 Å². The summed E-state index contributed by atoms with van der Waals surface area (Å²) in [6.07, 6.45) is 3.89. The van der Waals surface area contributed by atoms with Crippen molar-refractivity contribution in [2.24, 2.45) is 0 Å². The largest absolute Gasteiger partial charge is 0.349 e. The van der Waals surface area contributed by atoms with Gasteiger partial charge in [0.05, 0.1) is 25.8 Å². The smallest absolute Gasteiger partial charge is 0.238 e. The molecule has 0 radical (unpaired) electrons. The van der Waals surface area contributed by atoms with Crippen molar-refractivity contribution in [2.75, 3.05) is 31.6 Å². The quantitative estimate of drug-likeness (QED) is 0.834. The summed E-state index contributed by atoms with van der Waals surface area (Å²) in [6, 6.07) is 18.5. The molecule has 0 aromatic heterocycles. The molecule has 1 unspecified atom stereocenters. The number of para-hydroxylation sites is 1. The van der Waals surface area contributed by atoms with Crippen molar-refractivity contribution in [1.82, 2.24) is 4.90 Å². The number of carbonyl (C=O) groups excluding carboxylic acids is 1. The summed E-state index contributed by atoms with van der Waals surface area (Å²) in [5.41, 5.74) is 3.24. The first-order chi connectivity index (χ1) is 13.8.